The SMILES string of the molecule is CC1=CC(N(CCF)C(N)=O)=CC(C)C1CCS(=O)(=O)N1CCC2(CC1)N=C(C1CCC(CCC(F)(F)F)CC1)NC2=O. The molecule has 1 saturated carbocycles. The number of sulfonamides is 1. The van der Waals surface area contributed by atoms with E-state index in [0.717, 1.165) is 5.57 Å². The fourth-order valence-electron chi connectivity index (χ4n) is 7.00. The highest BCUT2D eigenvalue weighted by atomic mass is 32.2. The Bertz CT molecular complexity index is 1250. The number of halogens is 4. The van der Waals surface area contributed by atoms with Gasteiger partial charge in [-0.2, -0.15) is 13.2 Å². The van der Waals surface area contributed by atoms with Crippen molar-refractivity contribution in [1.29, 1.82) is 0 Å². The first-order valence-corrected chi connectivity index (χ1v) is 16.7. The zero-order chi connectivity index (χ0) is 31.6. The number of nitrogens with one attached hydrogen (secondary N) is 1. The van der Waals surface area contributed by atoms with E-state index in [1.165, 1.54) is 9.21 Å². The lowest BCUT2D eigenvalue weighted by Crippen LogP contribution is -2.51. The number of primary amides is 1. The Labute approximate surface area is 251 Å². The van der Waals surface area contributed by atoms with Crippen LogP contribution in [-0.2, 0) is 14.8 Å². The van der Waals surface area contributed by atoms with Crippen molar-refractivity contribution in [3.8, 4) is 0 Å². The quantitative estimate of drug-likeness (QED) is 0.340. The maximum atomic E-state index is 13.3. The summed E-state index contributed by atoms with van der Waals surface area (Å²) in [5.74, 6) is 0.155. The number of alkyl halides is 4. The van der Waals surface area contributed by atoms with Crippen LogP contribution in [0.15, 0.2) is 28.4 Å². The topological polar surface area (TPSA) is 125 Å². The summed E-state index contributed by atoms with van der Waals surface area (Å²) in [5, 5.41) is 2.91. The summed E-state index contributed by atoms with van der Waals surface area (Å²) in [5.41, 5.74) is 5.81. The molecule has 0 aromatic rings. The first-order chi connectivity index (χ1) is 20.1. The van der Waals surface area contributed by atoms with Crippen molar-refractivity contribution in [2.45, 2.75) is 83.4 Å². The van der Waals surface area contributed by atoms with Crippen LogP contribution in [-0.4, -0.2) is 79.2 Å². The number of rotatable bonds is 10. The smallest absolute Gasteiger partial charge is 0.351 e. The summed E-state index contributed by atoms with van der Waals surface area (Å²) in [6.45, 7) is 3.26. The number of nitrogens with two attached hydrogens (primary N) is 1. The Balaban J connectivity index is 1.30. The van der Waals surface area contributed by atoms with Gasteiger partial charge in [0.25, 0.3) is 5.91 Å². The Morgan fingerprint density at radius 3 is 2.40 bits per heavy atom. The molecule has 1 spiro atoms. The van der Waals surface area contributed by atoms with Crippen LogP contribution < -0.4 is 11.1 Å². The van der Waals surface area contributed by atoms with Gasteiger partial charge < -0.3 is 11.1 Å². The lowest BCUT2D eigenvalue weighted by atomic mass is 9.79. The van der Waals surface area contributed by atoms with Gasteiger partial charge in [0.15, 0.2) is 0 Å². The predicted molar refractivity (Wildman–Crippen MR) is 155 cm³/mol. The Kier molecular flexibility index (Phi) is 10.3. The van der Waals surface area contributed by atoms with Gasteiger partial charge in [0.05, 0.1) is 12.3 Å². The van der Waals surface area contributed by atoms with Crippen molar-refractivity contribution in [3.05, 3.63) is 23.4 Å². The van der Waals surface area contributed by atoms with Crippen LogP contribution in [0.4, 0.5) is 22.4 Å². The lowest BCUT2D eigenvalue weighted by molar-refractivity contribution is -0.138. The summed E-state index contributed by atoms with van der Waals surface area (Å²) >= 11 is 0. The van der Waals surface area contributed by atoms with Crippen molar-refractivity contribution < 1.29 is 35.6 Å². The highest BCUT2D eigenvalue weighted by Gasteiger charge is 2.48. The van der Waals surface area contributed by atoms with Gasteiger partial charge in [-0.05, 0) is 82.1 Å². The normalized spacial score (nSPS) is 28.2. The highest BCUT2D eigenvalue weighted by Crippen LogP contribution is 2.39. The molecular weight excluding hydrogens is 590 g/mol. The van der Waals surface area contributed by atoms with E-state index < -0.39 is 40.9 Å². The molecule has 2 aliphatic heterocycles. The molecule has 9 nitrogen and oxygen atoms in total. The fourth-order valence-corrected chi connectivity index (χ4v) is 8.55. The number of hydrogen-bond acceptors (Lipinski definition) is 5. The van der Waals surface area contributed by atoms with Crippen LogP contribution in [0.1, 0.15) is 71.6 Å². The number of carbonyl (C=O) groups excluding carboxylic acids is 2. The van der Waals surface area contributed by atoms with E-state index >= 15 is 0 Å². The van der Waals surface area contributed by atoms with Crippen LogP contribution in [0.2, 0.25) is 0 Å². The number of aliphatic imine (C=N–C) groups is 1. The molecule has 2 fully saturated rings. The Morgan fingerprint density at radius 2 is 1.84 bits per heavy atom. The number of carbonyl (C=O) groups is 2. The van der Waals surface area contributed by atoms with E-state index in [2.05, 4.69) is 5.32 Å². The van der Waals surface area contributed by atoms with E-state index in [0.29, 0.717) is 43.6 Å². The Hall–Kier alpha value is -2.48. The zero-order valence-corrected chi connectivity index (χ0v) is 25.7. The molecule has 0 radical (unpaired) electrons. The maximum Gasteiger partial charge on any atom is 0.389 e. The average molecular weight is 634 g/mol. The molecule has 3 N–H and O–H groups in total. The van der Waals surface area contributed by atoms with Gasteiger partial charge in [-0.25, -0.2) is 21.9 Å². The average Bonchev–Trinajstić information content (AvgIpc) is 3.24. The minimum Gasteiger partial charge on any atom is -0.351 e. The number of piperidine rings is 1. The van der Waals surface area contributed by atoms with Gasteiger partial charge in [0, 0.05) is 31.1 Å². The number of nitrogens with zero attached hydrogens (tertiary/aromatic N) is 3. The molecule has 3 amide bonds. The lowest BCUT2D eigenvalue weighted by Gasteiger charge is -2.35. The second kappa shape index (κ2) is 13.3. The predicted octanol–water partition coefficient (Wildman–Crippen LogP) is 4.66. The molecule has 43 heavy (non-hydrogen) atoms. The van der Waals surface area contributed by atoms with Crippen LogP contribution >= 0.6 is 0 Å². The number of hydrogen-bond donors (Lipinski definition) is 2. The molecule has 0 aromatic carbocycles. The first-order valence-electron chi connectivity index (χ1n) is 15.1. The fraction of sp³-hybridized carbons (Fsp3) is 0.759. The number of amidine groups is 1. The minimum atomic E-state index is -4.14. The zero-order valence-electron chi connectivity index (χ0n) is 24.8. The molecule has 2 atom stereocenters. The maximum absolute atomic E-state index is 13.3. The second-order valence-electron chi connectivity index (χ2n) is 12.5. The summed E-state index contributed by atoms with van der Waals surface area (Å²) in [6, 6.07) is -0.747. The van der Waals surface area contributed by atoms with Crippen molar-refractivity contribution >= 4 is 27.8 Å². The van der Waals surface area contributed by atoms with Crippen LogP contribution in [0.25, 0.3) is 0 Å². The number of allylic oxidation sites excluding steroid dienone is 3. The van der Waals surface area contributed by atoms with Crippen molar-refractivity contribution in [2.24, 2.45) is 34.4 Å². The summed E-state index contributed by atoms with van der Waals surface area (Å²) in [6.07, 6.45) is 2.39. The molecule has 2 heterocycles. The standard InChI is InChI=1S/C29H43F4N5O4S/c1-19-17-23(38(15-12-30)27(34)40)18-20(2)24(19)8-16-43(41,42)37-13-10-28(11-14-37)26(39)35-25(36-28)22-5-3-21(4-6-22)7-9-29(31,32)33/h17-19,21-22,24H,3-16H2,1-2H3,(H2,34,40)(H,35,36,39). The summed E-state index contributed by atoms with van der Waals surface area (Å²) in [7, 11) is -3.61. The molecular formula is C29H43F4N5O4S. The third-order valence-electron chi connectivity index (χ3n) is 9.61. The van der Waals surface area contributed by atoms with Gasteiger partial charge in [-0.3, -0.25) is 14.7 Å². The van der Waals surface area contributed by atoms with Crippen molar-refractivity contribution in [1.82, 2.24) is 14.5 Å². The second-order valence-corrected chi connectivity index (χ2v) is 14.6. The summed E-state index contributed by atoms with van der Waals surface area (Å²) < 4.78 is 78.7. The van der Waals surface area contributed by atoms with E-state index in [9.17, 15) is 35.6 Å². The third kappa shape index (κ3) is 7.98. The highest BCUT2D eigenvalue weighted by molar-refractivity contribution is 7.89. The third-order valence-corrected chi connectivity index (χ3v) is 11.5. The van der Waals surface area contributed by atoms with Gasteiger partial charge in [0.1, 0.15) is 18.0 Å². The van der Waals surface area contributed by atoms with Crippen molar-refractivity contribution in [3.63, 3.8) is 0 Å². The van der Waals surface area contributed by atoms with Gasteiger partial charge in [-0.1, -0.05) is 18.6 Å². The van der Waals surface area contributed by atoms with Crippen LogP contribution in [0.5, 0.6) is 0 Å². The van der Waals surface area contributed by atoms with Crippen LogP contribution in [0.3, 0.4) is 0 Å². The largest absolute Gasteiger partial charge is 0.389 e. The van der Waals surface area contributed by atoms with Gasteiger partial charge in [0.2, 0.25) is 10.0 Å². The molecule has 2 unspecified atom stereocenters. The molecule has 242 valence electrons. The van der Waals surface area contributed by atoms with E-state index in [4.69, 9.17) is 10.7 Å². The molecule has 4 aliphatic rings. The first kappa shape index (κ1) is 33.4. The van der Waals surface area contributed by atoms with Gasteiger partial charge >= 0.3 is 12.2 Å². The van der Waals surface area contributed by atoms with E-state index in [1.807, 2.05) is 19.9 Å². The van der Waals surface area contributed by atoms with E-state index in [1.54, 1.807) is 6.08 Å². The molecule has 2 aliphatic carbocycles. The monoisotopic (exact) mass is 633 g/mol. The van der Waals surface area contributed by atoms with Crippen LogP contribution in [0, 0.1) is 23.7 Å². The summed E-state index contributed by atoms with van der Waals surface area (Å²) in [4.78, 5) is 30.7. The van der Waals surface area contributed by atoms with E-state index in [-0.39, 0.29) is 74.2 Å². The number of urea groups is 1. The molecule has 0 bridgehead atoms. The number of amides is 3. The minimum absolute atomic E-state index is 0.00240. The molecule has 0 aromatic heterocycles. The molecule has 4 rings (SSSR count). The molecule has 1 saturated heterocycles. The van der Waals surface area contributed by atoms with Crippen molar-refractivity contribution in [2.75, 3.05) is 32.1 Å². The van der Waals surface area contributed by atoms with Gasteiger partial charge in [-0.15, -0.1) is 0 Å². The Morgan fingerprint density at radius 1 is 1.19 bits per heavy atom. The molecule has 14 heteroatoms.